The molecule has 7 amide bonds. The molecule has 1 aromatic carbocycles. The fourth-order valence-electron chi connectivity index (χ4n) is 7.01. The van der Waals surface area contributed by atoms with E-state index in [4.69, 9.17) is 22.9 Å². The zero-order valence-electron chi connectivity index (χ0n) is 41.6. The van der Waals surface area contributed by atoms with Crippen molar-refractivity contribution < 1.29 is 43.5 Å². The van der Waals surface area contributed by atoms with Gasteiger partial charge in [-0.25, -0.2) is 4.79 Å². The minimum Gasteiger partial charge on any atom is -0.480 e. The van der Waals surface area contributed by atoms with Gasteiger partial charge in [0.2, 0.25) is 41.4 Å². The number of carbonyl (C=O) groups is 8. The van der Waals surface area contributed by atoms with Gasteiger partial charge in [-0.05, 0) is 81.2 Å². The first-order valence-electron chi connectivity index (χ1n) is 23.9. The molecule has 0 saturated heterocycles. The lowest BCUT2D eigenvalue weighted by molar-refractivity contribution is -0.142. The summed E-state index contributed by atoms with van der Waals surface area (Å²) in [5, 5.41) is 28.7. The van der Waals surface area contributed by atoms with Crippen LogP contribution in [0.3, 0.4) is 0 Å². The molecule has 21 nitrogen and oxygen atoms in total. The predicted molar refractivity (Wildman–Crippen MR) is 261 cm³/mol. The van der Waals surface area contributed by atoms with Gasteiger partial charge in [0, 0.05) is 13.0 Å². The molecule has 21 heteroatoms. The molecule has 0 bridgehead atoms. The first-order valence-corrected chi connectivity index (χ1v) is 23.9. The largest absolute Gasteiger partial charge is 0.480 e. The Balaban J connectivity index is 3.45. The maximum atomic E-state index is 14.2. The number of benzene rings is 1. The summed E-state index contributed by atoms with van der Waals surface area (Å²) >= 11 is 0. The fraction of sp³-hybridized carbons (Fsp3) is 0.681. The molecule has 1 aromatic rings. The second kappa shape index (κ2) is 31.3. The van der Waals surface area contributed by atoms with E-state index in [0.29, 0.717) is 37.8 Å². The van der Waals surface area contributed by atoms with Crippen molar-refractivity contribution in [2.75, 3.05) is 13.1 Å². The summed E-state index contributed by atoms with van der Waals surface area (Å²) in [7, 11) is 0. The molecule has 0 fully saturated rings. The van der Waals surface area contributed by atoms with Gasteiger partial charge in [0.1, 0.15) is 42.3 Å². The number of amides is 7. The molecule has 0 spiro atoms. The molecule has 0 aliphatic carbocycles. The van der Waals surface area contributed by atoms with E-state index in [-0.39, 0.29) is 56.4 Å². The van der Waals surface area contributed by atoms with Gasteiger partial charge in [-0.3, -0.25) is 38.6 Å². The number of unbranched alkanes of at least 4 members (excludes halogenated alkanes) is 1. The lowest BCUT2D eigenvalue weighted by Gasteiger charge is -2.30. The van der Waals surface area contributed by atoms with Crippen molar-refractivity contribution in [1.29, 1.82) is 0 Å². The average molecular weight is 959 g/mol. The van der Waals surface area contributed by atoms with E-state index in [0.717, 1.165) is 0 Å². The van der Waals surface area contributed by atoms with E-state index < -0.39 is 107 Å². The van der Waals surface area contributed by atoms with E-state index in [1.807, 2.05) is 34.6 Å². The molecule has 16 N–H and O–H groups in total. The Kier molecular flexibility index (Phi) is 27.7. The standard InChI is InChI=1S/C47H82N12O9/c1-10-28(7)36(49)43(64)53-30(9)39(60)59-38(29(8)11-2)45(66)58-37(27(5)6)44(65)57-34(24-26(3)4)41(62)54-32(21-17-23-52-47(50)51)40(61)56-35(25-31-18-13-12-14-19-31)42(63)55-33(46(67)68)20-15-16-22-48/h12-14,18-19,26-30,32-38H,10-11,15-17,20-25,48-49H2,1-9H3,(H,53,64)(H,54,62)(H,55,63)(H,56,61)(H,57,65)(H,58,66)(H,59,60)(H,67,68)(H4,50,51,52)/t28-,29-,30-,32-,33-,34-,35-,36-,37-,38-/m0/s1. The number of aliphatic imine (C=N–C) groups is 1. The Bertz CT molecular complexity index is 1810. The highest BCUT2D eigenvalue weighted by Gasteiger charge is 2.36. The van der Waals surface area contributed by atoms with E-state index in [1.54, 1.807) is 51.1 Å². The van der Waals surface area contributed by atoms with Crippen LogP contribution in [0.15, 0.2) is 35.3 Å². The molecule has 0 aliphatic heterocycles. The Hall–Kier alpha value is -5.83. The number of hydrogen-bond acceptors (Lipinski definition) is 11. The molecular weight excluding hydrogens is 877 g/mol. The van der Waals surface area contributed by atoms with Crippen molar-refractivity contribution in [1.82, 2.24) is 37.2 Å². The lowest BCUT2D eigenvalue weighted by atomic mass is 9.95. The van der Waals surface area contributed by atoms with Gasteiger partial charge >= 0.3 is 5.97 Å². The van der Waals surface area contributed by atoms with Gasteiger partial charge < -0.3 is 65.3 Å². The number of carboxylic acid groups (broad SMARTS) is 1. The summed E-state index contributed by atoms with van der Waals surface area (Å²) in [4.78, 5) is 112. The molecule has 0 unspecified atom stereocenters. The van der Waals surface area contributed by atoms with Crippen LogP contribution in [0.4, 0.5) is 0 Å². The fourth-order valence-corrected chi connectivity index (χ4v) is 7.01. The number of hydrogen-bond donors (Lipinski definition) is 12. The lowest BCUT2D eigenvalue weighted by Crippen LogP contribution is -2.61. The highest BCUT2D eigenvalue weighted by molar-refractivity contribution is 5.97. The Morgan fingerprint density at radius 1 is 0.588 bits per heavy atom. The van der Waals surface area contributed by atoms with Crippen molar-refractivity contribution in [3.05, 3.63) is 35.9 Å². The molecule has 10 atom stereocenters. The molecule has 0 saturated carbocycles. The van der Waals surface area contributed by atoms with Crippen LogP contribution in [0.25, 0.3) is 0 Å². The number of carbonyl (C=O) groups excluding carboxylic acids is 7. The van der Waals surface area contributed by atoms with Crippen LogP contribution in [0, 0.1) is 23.7 Å². The second-order valence-electron chi connectivity index (χ2n) is 18.4. The Labute approximate surface area is 402 Å². The zero-order valence-corrected chi connectivity index (χ0v) is 41.6. The highest BCUT2D eigenvalue weighted by Crippen LogP contribution is 2.14. The minimum atomic E-state index is -1.28. The van der Waals surface area contributed by atoms with Crippen LogP contribution < -0.4 is 60.2 Å². The first kappa shape index (κ1) is 60.2. The van der Waals surface area contributed by atoms with Crippen molar-refractivity contribution in [2.24, 2.45) is 51.6 Å². The third kappa shape index (κ3) is 21.9. The highest BCUT2D eigenvalue weighted by atomic mass is 16.4. The summed E-state index contributed by atoms with van der Waals surface area (Å²) in [6, 6.07) is -0.366. The molecule has 384 valence electrons. The predicted octanol–water partition coefficient (Wildman–Crippen LogP) is 0.0314. The number of guanidine groups is 1. The van der Waals surface area contributed by atoms with Crippen molar-refractivity contribution in [3.63, 3.8) is 0 Å². The number of aliphatic carboxylic acids is 1. The Morgan fingerprint density at radius 3 is 1.65 bits per heavy atom. The summed E-state index contributed by atoms with van der Waals surface area (Å²) in [5.41, 5.74) is 23.4. The van der Waals surface area contributed by atoms with E-state index in [2.05, 4.69) is 42.2 Å². The first-order chi connectivity index (χ1) is 32.0. The monoisotopic (exact) mass is 959 g/mol. The topological polar surface area (TPSA) is 357 Å². The quantitative estimate of drug-likeness (QED) is 0.0258. The van der Waals surface area contributed by atoms with Crippen LogP contribution in [-0.4, -0.2) is 120 Å². The smallest absolute Gasteiger partial charge is 0.326 e. The van der Waals surface area contributed by atoms with Crippen LogP contribution in [0.5, 0.6) is 0 Å². The van der Waals surface area contributed by atoms with Gasteiger partial charge in [-0.15, -0.1) is 0 Å². The van der Waals surface area contributed by atoms with E-state index in [1.165, 1.54) is 6.92 Å². The van der Waals surface area contributed by atoms with Gasteiger partial charge in [-0.2, -0.15) is 0 Å². The van der Waals surface area contributed by atoms with Crippen LogP contribution >= 0.6 is 0 Å². The van der Waals surface area contributed by atoms with Crippen molar-refractivity contribution in [2.45, 2.75) is 168 Å². The number of nitrogens with two attached hydrogens (primary N) is 4. The third-order valence-corrected chi connectivity index (χ3v) is 11.7. The van der Waals surface area contributed by atoms with Crippen LogP contribution in [0.1, 0.15) is 119 Å². The summed E-state index contributed by atoms with van der Waals surface area (Å²) in [6.45, 7) is 16.3. The molecule has 0 radical (unpaired) electrons. The summed E-state index contributed by atoms with van der Waals surface area (Å²) < 4.78 is 0. The average Bonchev–Trinajstić information content (AvgIpc) is 3.28. The third-order valence-electron chi connectivity index (χ3n) is 11.7. The molecule has 68 heavy (non-hydrogen) atoms. The molecular formula is C47H82N12O9. The second-order valence-corrected chi connectivity index (χ2v) is 18.4. The molecule has 0 heterocycles. The number of nitrogens with one attached hydrogen (secondary N) is 7. The molecule has 0 aliphatic rings. The normalized spacial score (nSPS) is 15.7. The van der Waals surface area contributed by atoms with Crippen molar-refractivity contribution >= 4 is 53.3 Å². The van der Waals surface area contributed by atoms with Gasteiger partial charge in [0.05, 0.1) is 6.04 Å². The minimum absolute atomic E-state index is 0.00637. The van der Waals surface area contributed by atoms with Gasteiger partial charge in [0.15, 0.2) is 5.96 Å². The van der Waals surface area contributed by atoms with Crippen LogP contribution in [-0.2, 0) is 44.8 Å². The van der Waals surface area contributed by atoms with E-state index in [9.17, 15) is 43.5 Å². The van der Waals surface area contributed by atoms with Gasteiger partial charge in [-0.1, -0.05) is 98.6 Å². The van der Waals surface area contributed by atoms with Gasteiger partial charge in [0.25, 0.3) is 0 Å². The Morgan fingerprint density at radius 2 is 1.10 bits per heavy atom. The van der Waals surface area contributed by atoms with Crippen LogP contribution in [0.2, 0.25) is 0 Å². The summed E-state index contributed by atoms with van der Waals surface area (Å²) in [5.74, 6) is -7.33. The zero-order chi connectivity index (χ0) is 51.7. The maximum Gasteiger partial charge on any atom is 0.326 e. The SMILES string of the molecule is CC[C@H](C)[C@H](N)C(=O)N[C@@H](C)C(=O)N[C@H](C(=O)N[C@H](C(=O)N[C@@H](CC(C)C)C(=O)N[C@@H](CCCN=C(N)N)C(=O)N[C@@H](Cc1ccccc1)C(=O)N[C@@H](CCCCN)C(=O)O)C(C)C)[C@@H](C)CC. The van der Waals surface area contributed by atoms with Crippen molar-refractivity contribution in [3.8, 4) is 0 Å². The summed E-state index contributed by atoms with van der Waals surface area (Å²) in [6.07, 6.45) is 2.55. The molecule has 0 aromatic heterocycles. The number of nitrogens with zero attached hydrogens (tertiary/aromatic N) is 1. The molecule has 1 rings (SSSR count). The van der Waals surface area contributed by atoms with E-state index >= 15 is 0 Å². The maximum absolute atomic E-state index is 14.2. The number of carboxylic acids is 1. The number of rotatable bonds is 32.